The van der Waals surface area contributed by atoms with Crippen LogP contribution in [0.5, 0.6) is 0 Å². The van der Waals surface area contributed by atoms with E-state index < -0.39 is 11.7 Å². The molecule has 0 saturated carbocycles. The predicted molar refractivity (Wildman–Crippen MR) is 55.2 cm³/mol. The molecule has 0 aromatic carbocycles. The van der Waals surface area contributed by atoms with E-state index in [2.05, 4.69) is 0 Å². The topological polar surface area (TPSA) is 72.6 Å². The number of nitrogens with two attached hydrogens (primary N) is 1. The summed E-state index contributed by atoms with van der Waals surface area (Å²) >= 11 is 0. The van der Waals surface area contributed by atoms with Crippen molar-refractivity contribution in [1.82, 2.24) is 4.90 Å². The number of hydrogen-bond donors (Lipinski definition) is 1. The van der Waals surface area contributed by atoms with Gasteiger partial charge in [0.25, 0.3) is 0 Å². The number of nitrogens with zero attached hydrogens (tertiary/aromatic N) is 1. The number of rotatable bonds is 1. The molecule has 2 amide bonds. The Balaban J connectivity index is 2.69. The van der Waals surface area contributed by atoms with E-state index in [0.29, 0.717) is 19.4 Å². The van der Waals surface area contributed by atoms with Crippen molar-refractivity contribution in [3.63, 3.8) is 0 Å². The molecule has 0 aliphatic carbocycles. The quantitative estimate of drug-likeness (QED) is 0.703. The van der Waals surface area contributed by atoms with E-state index in [0.717, 1.165) is 4.90 Å². The van der Waals surface area contributed by atoms with Crippen LogP contribution in [-0.2, 0) is 9.53 Å². The SMILES string of the molecule is CC(C)(C)OC(=O)N1C(=O)CC[C@@H]1CN. The Bertz CT molecular complexity index is 270. The van der Waals surface area contributed by atoms with Crippen LogP contribution < -0.4 is 5.73 Å². The van der Waals surface area contributed by atoms with E-state index in [1.807, 2.05) is 0 Å². The zero-order valence-electron chi connectivity index (χ0n) is 9.45. The van der Waals surface area contributed by atoms with Crippen LogP contribution in [0.3, 0.4) is 0 Å². The summed E-state index contributed by atoms with van der Waals surface area (Å²) in [6, 6.07) is -0.202. The molecule has 1 aliphatic heterocycles. The molecule has 1 fully saturated rings. The number of carbonyl (C=O) groups is 2. The third-order valence-electron chi connectivity index (χ3n) is 2.19. The highest BCUT2D eigenvalue weighted by molar-refractivity contribution is 5.94. The highest BCUT2D eigenvalue weighted by Crippen LogP contribution is 2.21. The summed E-state index contributed by atoms with van der Waals surface area (Å²) in [4.78, 5) is 24.3. The largest absolute Gasteiger partial charge is 0.443 e. The average molecular weight is 214 g/mol. The molecule has 1 saturated heterocycles. The lowest BCUT2D eigenvalue weighted by atomic mass is 10.2. The monoisotopic (exact) mass is 214 g/mol. The van der Waals surface area contributed by atoms with Gasteiger partial charge in [-0.25, -0.2) is 9.69 Å². The number of imide groups is 1. The molecule has 86 valence electrons. The number of likely N-dealkylation sites (tertiary alicyclic amines) is 1. The first-order valence-corrected chi connectivity index (χ1v) is 5.10. The maximum absolute atomic E-state index is 11.7. The summed E-state index contributed by atoms with van der Waals surface area (Å²) < 4.78 is 5.13. The number of ether oxygens (including phenoxy) is 1. The second-order valence-corrected chi connectivity index (χ2v) is 4.67. The molecule has 1 aliphatic rings. The van der Waals surface area contributed by atoms with Gasteiger partial charge in [0, 0.05) is 13.0 Å². The Morgan fingerprint density at radius 2 is 2.20 bits per heavy atom. The van der Waals surface area contributed by atoms with Gasteiger partial charge in [0.05, 0.1) is 6.04 Å². The van der Waals surface area contributed by atoms with Crippen LogP contribution in [0.4, 0.5) is 4.79 Å². The third-order valence-corrected chi connectivity index (χ3v) is 2.19. The normalized spacial score (nSPS) is 22.0. The fourth-order valence-corrected chi connectivity index (χ4v) is 1.53. The van der Waals surface area contributed by atoms with Crippen LogP contribution in [0.1, 0.15) is 33.6 Å². The molecule has 0 bridgehead atoms. The van der Waals surface area contributed by atoms with E-state index >= 15 is 0 Å². The molecule has 1 rings (SSSR count). The molecule has 15 heavy (non-hydrogen) atoms. The van der Waals surface area contributed by atoms with Crippen LogP contribution in [0.2, 0.25) is 0 Å². The first-order chi connectivity index (χ1) is 6.85. The fourth-order valence-electron chi connectivity index (χ4n) is 1.53. The number of amides is 2. The van der Waals surface area contributed by atoms with Gasteiger partial charge in [0.15, 0.2) is 0 Å². The van der Waals surface area contributed by atoms with Gasteiger partial charge in [-0.1, -0.05) is 0 Å². The minimum Gasteiger partial charge on any atom is -0.443 e. The van der Waals surface area contributed by atoms with E-state index in [1.54, 1.807) is 20.8 Å². The minimum absolute atomic E-state index is 0.195. The Labute approximate surface area is 89.6 Å². The van der Waals surface area contributed by atoms with Gasteiger partial charge in [0.1, 0.15) is 5.60 Å². The Morgan fingerprint density at radius 3 is 2.67 bits per heavy atom. The molecular weight excluding hydrogens is 196 g/mol. The van der Waals surface area contributed by atoms with E-state index in [-0.39, 0.29) is 11.9 Å². The van der Waals surface area contributed by atoms with Crippen LogP contribution in [0.25, 0.3) is 0 Å². The lowest BCUT2D eigenvalue weighted by Crippen LogP contribution is -2.45. The maximum atomic E-state index is 11.7. The molecule has 0 unspecified atom stereocenters. The van der Waals surface area contributed by atoms with Gasteiger partial charge < -0.3 is 10.5 Å². The Hall–Kier alpha value is -1.10. The summed E-state index contributed by atoms with van der Waals surface area (Å²) in [5, 5.41) is 0. The van der Waals surface area contributed by atoms with Gasteiger partial charge in [-0.2, -0.15) is 0 Å². The van der Waals surface area contributed by atoms with Crippen molar-refractivity contribution in [3.05, 3.63) is 0 Å². The van der Waals surface area contributed by atoms with Gasteiger partial charge in [-0.3, -0.25) is 4.79 Å². The second-order valence-electron chi connectivity index (χ2n) is 4.67. The Morgan fingerprint density at radius 1 is 1.60 bits per heavy atom. The van der Waals surface area contributed by atoms with Crippen LogP contribution in [0, 0.1) is 0 Å². The van der Waals surface area contributed by atoms with Crippen molar-refractivity contribution in [3.8, 4) is 0 Å². The van der Waals surface area contributed by atoms with Crippen LogP contribution >= 0.6 is 0 Å². The van der Waals surface area contributed by atoms with Crippen molar-refractivity contribution in [2.75, 3.05) is 6.54 Å². The number of hydrogen-bond acceptors (Lipinski definition) is 4. The molecular formula is C10H18N2O3. The molecule has 2 N–H and O–H groups in total. The molecule has 0 aromatic rings. The average Bonchev–Trinajstić information content (AvgIpc) is 2.43. The summed E-state index contributed by atoms with van der Waals surface area (Å²) in [7, 11) is 0. The molecule has 5 heteroatoms. The van der Waals surface area contributed by atoms with Crippen LogP contribution in [0.15, 0.2) is 0 Å². The molecule has 1 heterocycles. The predicted octanol–water partition coefficient (Wildman–Crippen LogP) is 0.871. The highest BCUT2D eigenvalue weighted by atomic mass is 16.6. The molecule has 0 radical (unpaired) electrons. The lowest BCUT2D eigenvalue weighted by molar-refractivity contribution is -0.128. The molecule has 1 atom stereocenters. The summed E-state index contributed by atoms with van der Waals surface area (Å²) in [5.74, 6) is -0.195. The first kappa shape index (κ1) is 12.0. The fraction of sp³-hybridized carbons (Fsp3) is 0.800. The second kappa shape index (κ2) is 4.18. The van der Waals surface area contributed by atoms with Gasteiger partial charge in [-0.05, 0) is 27.2 Å². The van der Waals surface area contributed by atoms with E-state index in [4.69, 9.17) is 10.5 Å². The zero-order valence-corrected chi connectivity index (χ0v) is 9.45. The van der Waals surface area contributed by atoms with E-state index in [9.17, 15) is 9.59 Å². The van der Waals surface area contributed by atoms with Crippen molar-refractivity contribution >= 4 is 12.0 Å². The molecule has 0 aromatic heterocycles. The zero-order chi connectivity index (χ0) is 11.6. The number of carbonyl (C=O) groups excluding carboxylic acids is 2. The van der Waals surface area contributed by atoms with Crippen molar-refractivity contribution < 1.29 is 14.3 Å². The summed E-state index contributed by atoms with van der Waals surface area (Å²) in [5.41, 5.74) is 4.90. The summed E-state index contributed by atoms with van der Waals surface area (Å²) in [6.07, 6.45) is 0.427. The van der Waals surface area contributed by atoms with E-state index in [1.165, 1.54) is 0 Å². The molecule has 5 nitrogen and oxygen atoms in total. The lowest BCUT2D eigenvalue weighted by Gasteiger charge is -2.26. The molecule has 0 spiro atoms. The van der Waals surface area contributed by atoms with Crippen molar-refractivity contribution in [2.45, 2.75) is 45.3 Å². The first-order valence-electron chi connectivity index (χ1n) is 5.10. The standard InChI is InChI=1S/C10H18N2O3/c1-10(2,3)15-9(14)12-7(6-11)4-5-8(12)13/h7H,4-6,11H2,1-3H3/t7-/m1/s1. The smallest absolute Gasteiger partial charge is 0.417 e. The van der Waals surface area contributed by atoms with Crippen molar-refractivity contribution in [1.29, 1.82) is 0 Å². The summed E-state index contributed by atoms with van der Waals surface area (Å²) in [6.45, 7) is 5.60. The maximum Gasteiger partial charge on any atom is 0.417 e. The third kappa shape index (κ3) is 2.92. The van der Waals surface area contributed by atoms with Crippen molar-refractivity contribution in [2.24, 2.45) is 5.73 Å². The minimum atomic E-state index is -0.584. The van der Waals surface area contributed by atoms with Gasteiger partial charge in [0.2, 0.25) is 5.91 Å². The van der Waals surface area contributed by atoms with Gasteiger partial charge in [-0.15, -0.1) is 0 Å². The van der Waals surface area contributed by atoms with Crippen LogP contribution in [-0.4, -0.2) is 35.1 Å². The highest BCUT2D eigenvalue weighted by Gasteiger charge is 2.37. The Kier molecular flexibility index (Phi) is 3.34. The van der Waals surface area contributed by atoms with Gasteiger partial charge >= 0.3 is 6.09 Å².